The average molecular weight is 394 g/mol. The highest BCUT2D eigenvalue weighted by atomic mass is 16.1. The average Bonchev–Trinajstić information content (AvgIpc) is 3.09. The molecule has 0 aromatic carbocycles. The molecule has 2 N–H and O–H groups in total. The van der Waals surface area contributed by atoms with Gasteiger partial charge in [-0.2, -0.15) is 5.10 Å². The lowest BCUT2D eigenvalue weighted by Crippen LogP contribution is -2.33. The van der Waals surface area contributed by atoms with E-state index in [1.54, 1.807) is 24.7 Å². The molecule has 4 rings (SSSR count). The lowest BCUT2D eigenvalue weighted by Gasteiger charge is -2.32. The van der Waals surface area contributed by atoms with Crippen LogP contribution in [0.4, 0.5) is 0 Å². The van der Waals surface area contributed by atoms with Gasteiger partial charge in [-0.1, -0.05) is 6.07 Å². The number of pyridine rings is 1. The first-order chi connectivity index (χ1) is 13.9. The minimum absolute atomic E-state index is 0.0730. The zero-order valence-electron chi connectivity index (χ0n) is 17.0. The summed E-state index contributed by atoms with van der Waals surface area (Å²) in [4.78, 5) is 33.3. The number of nitrogens with one attached hydrogen (secondary N) is 2. The second-order valence-electron chi connectivity index (χ2n) is 7.73. The maximum Gasteiger partial charge on any atom is 0.269 e. The maximum absolute atomic E-state index is 11.8. The molecule has 1 saturated heterocycles. The molecule has 1 amide bonds. The number of nitrogens with zero attached hydrogens (tertiary/aromatic N) is 4. The second kappa shape index (κ2) is 7.79. The first-order valence-electron chi connectivity index (χ1n) is 9.94. The van der Waals surface area contributed by atoms with E-state index in [2.05, 4.69) is 25.3 Å². The number of hydrogen-bond donors (Lipinski definition) is 2. The number of piperidine rings is 1. The fourth-order valence-electron chi connectivity index (χ4n) is 4.06. The monoisotopic (exact) mass is 394 g/mol. The van der Waals surface area contributed by atoms with Gasteiger partial charge in [0, 0.05) is 37.1 Å². The second-order valence-corrected chi connectivity index (χ2v) is 7.73. The molecule has 4 heterocycles. The van der Waals surface area contributed by atoms with E-state index in [4.69, 9.17) is 0 Å². The number of carbonyl (C=O) groups excluding carboxylic acids is 1. The molecular formula is C21H26N6O2. The van der Waals surface area contributed by atoms with Gasteiger partial charge in [-0.3, -0.25) is 14.5 Å². The van der Waals surface area contributed by atoms with Crippen LogP contribution in [-0.4, -0.2) is 50.5 Å². The Bertz CT molecular complexity index is 1110. The Balaban J connectivity index is 1.41. The first kappa shape index (κ1) is 19.3. The molecule has 1 aliphatic rings. The summed E-state index contributed by atoms with van der Waals surface area (Å²) >= 11 is 0. The van der Waals surface area contributed by atoms with Gasteiger partial charge in [-0.15, -0.1) is 0 Å². The molecule has 0 unspecified atom stereocenters. The minimum atomic E-state index is -0.154. The van der Waals surface area contributed by atoms with E-state index in [0.717, 1.165) is 49.5 Å². The van der Waals surface area contributed by atoms with E-state index in [9.17, 15) is 9.59 Å². The number of H-pyrrole nitrogens is 1. The summed E-state index contributed by atoms with van der Waals surface area (Å²) in [7, 11) is 1.62. The van der Waals surface area contributed by atoms with Gasteiger partial charge < -0.3 is 10.3 Å². The largest absolute Gasteiger partial charge is 0.354 e. The number of aromatic nitrogens is 4. The molecule has 0 spiro atoms. The van der Waals surface area contributed by atoms with Crippen molar-refractivity contribution in [3.8, 4) is 0 Å². The van der Waals surface area contributed by atoms with E-state index in [-0.39, 0.29) is 11.5 Å². The topological polar surface area (TPSA) is 95.4 Å². The van der Waals surface area contributed by atoms with Gasteiger partial charge in [-0.05, 0) is 57.3 Å². The number of aromatic amines is 1. The Morgan fingerprint density at radius 3 is 2.72 bits per heavy atom. The van der Waals surface area contributed by atoms with Gasteiger partial charge in [0.2, 0.25) is 0 Å². The zero-order valence-corrected chi connectivity index (χ0v) is 17.0. The Morgan fingerprint density at radius 2 is 2.03 bits per heavy atom. The molecule has 3 aromatic rings. The van der Waals surface area contributed by atoms with Crippen LogP contribution >= 0.6 is 0 Å². The quantitative estimate of drug-likeness (QED) is 0.703. The number of hydrogen-bond acceptors (Lipinski definition) is 5. The van der Waals surface area contributed by atoms with Crippen LogP contribution in [0.3, 0.4) is 0 Å². The predicted molar refractivity (Wildman–Crippen MR) is 110 cm³/mol. The Morgan fingerprint density at radius 1 is 1.28 bits per heavy atom. The molecule has 1 fully saturated rings. The Labute approximate surface area is 169 Å². The smallest absolute Gasteiger partial charge is 0.269 e. The summed E-state index contributed by atoms with van der Waals surface area (Å²) in [6.07, 6.45) is 3.86. The van der Waals surface area contributed by atoms with Crippen molar-refractivity contribution in [2.24, 2.45) is 0 Å². The van der Waals surface area contributed by atoms with Crippen LogP contribution in [0.5, 0.6) is 0 Å². The molecule has 3 aromatic heterocycles. The maximum atomic E-state index is 11.8. The first-order valence-corrected chi connectivity index (χ1v) is 9.94. The third-order valence-electron chi connectivity index (χ3n) is 5.70. The highest BCUT2D eigenvalue weighted by molar-refractivity contribution is 5.92. The van der Waals surface area contributed by atoms with Crippen molar-refractivity contribution in [1.29, 1.82) is 0 Å². The van der Waals surface area contributed by atoms with Crippen LogP contribution < -0.4 is 10.9 Å². The molecule has 8 heteroatoms. The molecule has 0 saturated carbocycles. The van der Waals surface area contributed by atoms with Crippen LogP contribution in [0.2, 0.25) is 0 Å². The van der Waals surface area contributed by atoms with Crippen molar-refractivity contribution >= 4 is 11.6 Å². The van der Waals surface area contributed by atoms with Crippen LogP contribution in [0, 0.1) is 13.8 Å². The molecule has 0 bridgehead atoms. The molecule has 1 aliphatic heterocycles. The van der Waals surface area contributed by atoms with Gasteiger partial charge >= 0.3 is 0 Å². The fraction of sp³-hybridized carbons (Fsp3) is 0.429. The van der Waals surface area contributed by atoms with Crippen LogP contribution in [-0.2, 0) is 6.54 Å². The molecule has 8 nitrogen and oxygen atoms in total. The highest BCUT2D eigenvalue weighted by Gasteiger charge is 2.23. The van der Waals surface area contributed by atoms with Crippen molar-refractivity contribution in [1.82, 2.24) is 29.8 Å². The van der Waals surface area contributed by atoms with Crippen LogP contribution in [0.25, 0.3) is 5.65 Å². The molecule has 0 atom stereocenters. The van der Waals surface area contributed by atoms with Gasteiger partial charge in [0.15, 0.2) is 0 Å². The Kier molecular flexibility index (Phi) is 5.19. The standard InChI is InChI=1S/C21H26N6O2/c1-13-11-27-19(24-20(13)28)10-16(25-27)12-26-8-6-15(7-9-26)17-4-5-18(21(29)22-3)23-14(17)2/h4-5,10-11,15H,6-9,12H2,1-3H3,(H,22,29)(H,24,28). The number of amides is 1. The lowest BCUT2D eigenvalue weighted by atomic mass is 9.88. The normalized spacial score (nSPS) is 15.7. The number of likely N-dealkylation sites (tertiary alicyclic amines) is 1. The zero-order chi connectivity index (χ0) is 20.5. The van der Waals surface area contributed by atoms with Crippen molar-refractivity contribution in [2.75, 3.05) is 20.1 Å². The summed E-state index contributed by atoms with van der Waals surface area (Å²) in [6.45, 7) is 6.48. The third-order valence-corrected chi connectivity index (χ3v) is 5.70. The minimum Gasteiger partial charge on any atom is -0.354 e. The van der Waals surface area contributed by atoms with E-state index in [1.165, 1.54) is 5.56 Å². The molecular weight excluding hydrogens is 368 g/mol. The van der Waals surface area contributed by atoms with Gasteiger partial charge in [0.25, 0.3) is 11.5 Å². The Hall–Kier alpha value is -3.00. The summed E-state index contributed by atoms with van der Waals surface area (Å²) in [5.74, 6) is 0.302. The van der Waals surface area contributed by atoms with Crippen LogP contribution in [0.15, 0.2) is 29.2 Å². The number of fused-ring (bicyclic) bond motifs is 1. The molecule has 152 valence electrons. The molecule has 0 aliphatic carbocycles. The van der Waals surface area contributed by atoms with E-state index >= 15 is 0 Å². The van der Waals surface area contributed by atoms with Gasteiger partial charge in [-0.25, -0.2) is 9.50 Å². The fourth-order valence-corrected chi connectivity index (χ4v) is 4.06. The third kappa shape index (κ3) is 3.93. The summed E-state index contributed by atoms with van der Waals surface area (Å²) < 4.78 is 1.74. The molecule has 0 radical (unpaired) electrons. The van der Waals surface area contributed by atoms with E-state index in [0.29, 0.717) is 17.2 Å². The predicted octanol–water partition coefficient (Wildman–Crippen LogP) is 1.77. The van der Waals surface area contributed by atoms with E-state index in [1.807, 2.05) is 25.1 Å². The number of carbonyl (C=O) groups is 1. The van der Waals surface area contributed by atoms with Crippen molar-refractivity contribution < 1.29 is 4.79 Å². The van der Waals surface area contributed by atoms with Crippen molar-refractivity contribution in [3.63, 3.8) is 0 Å². The SMILES string of the molecule is CNC(=O)c1ccc(C2CCN(Cc3cc4[nH]c(=O)c(C)cn4n3)CC2)c(C)n1. The van der Waals surface area contributed by atoms with Gasteiger partial charge in [0.1, 0.15) is 11.3 Å². The lowest BCUT2D eigenvalue weighted by molar-refractivity contribution is 0.0958. The summed E-state index contributed by atoms with van der Waals surface area (Å²) in [6, 6.07) is 5.81. The number of rotatable bonds is 4. The van der Waals surface area contributed by atoms with Crippen molar-refractivity contribution in [3.05, 3.63) is 63.0 Å². The highest BCUT2D eigenvalue weighted by Crippen LogP contribution is 2.30. The number of aryl methyl sites for hydroxylation is 2. The van der Waals surface area contributed by atoms with Crippen LogP contribution in [0.1, 0.15) is 51.8 Å². The summed E-state index contributed by atoms with van der Waals surface area (Å²) in [5.41, 5.74) is 4.89. The van der Waals surface area contributed by atoms with Gasteiger partial charge in [0.05, 0.1) is 5.69 Å². The van der Waals surface area contributed by atoms with E-state index < -0.39 is 0 Å². The van der Waals surface area contributed by atoms with Crippen molar-refractivity contribution in [2.45, 2.75) is 39.2 Å². The summed E-state index contributed by atoms with van der Waals surface area (Å²) in [5, 5.41) is 7.21. The molecule has 29 heavy (non-hydrogen) atoms.